The van der Waals surface area contributed by atoms with Crippen LogP contribution in [0.3, 0.4) is 0 Å². The molecule has 0 unspecified atom stereocenters. The van der Waals surface area contributed by atoms with Crippen LogP contribution in [0.4, 0.5) is 26.3 Å². The van der Waals surface area contributed by atoms with E-state index in [4.69, 9.17) is 0 Å². The topological polar surface area (TPSA) is 18.5 Å². The molecule has 0 bridgehead atoms. The van der Waals surface area contributed by atoms with Crippen LogP contribution in [0.2, 0.25) is 6.32 Å². The Morgan fingerprint density at radius 2 is 1.31 bits per heavy atom. The van der Waals surface area contributed by atoms with Gasteiger partial charge in [0.1, 0.15) is 7.85 Å². The van der Waals surface area contributed by atoms with Crippen molar-refractivity contribution in [2.45, 2.75) is 18.7 Å². The van der Waals surface area contributed by atoms with Gasteiger partial charge in [-0.1, -0.05) is 6.32 Å². The van der Waals surface area contributed by atoms with Crippen molar-refractivity contribution in [1.29, 1.82) is 0 Å². The third-order valence-electron chi connectivity index (χ3n) is 1.13. The number of rotatable bonds is 5. The third-order valence-corrected chi connectivity index (χ3v) is 1.13. The Hall–Kier alpha value is -1.02. The van der Waals surface area contributed by atoms with E-state index >= 15 is 0 Å². The minimum Gasteiger partial charge on any atom is -0.456 e. The predicted molar refractivity (Wildman–Crippen MR) is 45.4 cm³/mol. The first-order valence-electron chi connectivity index (χ1n) is 4.23. The van der Waals surface area contributed by atoms with Crippen LogP contribution in [0, 0.1) is 0 Å². The molecule has 0 aromatic rings. The lowest BCUT2D eigenvalue weighted by molar-refractivity contribution is -0.198. The molecule has 16 heavy (non-hydrogen) atoms. The maximum absolute atomic E-state index is 11.7. The highest BCUT2D eigenvalue weighted by molar-refractivity contribution is 6.09. The summed E-state index contributed by atoms with van der Waals surface area (Å²) in [5, 5.41) is 0. The number of allylic oxidation sites excluding steroid dienone is 1. The summed E-state index contributed by atoms with van der Waals surface area (Å²) in [6.45, 7) is -3.37. The summed E-state index contributed by atoms with van der Waals surface area (Å²) < 4.78 is 78.3. The van der Waals surface area contributed by atoms with E-state index in [-0.39, 0.29) is 6.32 Å². The fourth-order valence-corrected chi connectivity index (χ4v) is 0.632. The molecule has 0 N–H and O–H groups in total. The zero-order chi connectivity index (χ0) is 12.8. The molecule has 0 aliphatic heterocycles. The van der Waals surface area contributed by atoms with Crippen molar-refractivity contribution in [3.05, 3.63) is 12.0 Å². The highest BCUT2D eigenvalue weighted by Crippen LogP contribution is 2.20. The molecule has 2 nitrogen and oxygen atoms in total. The zero-order valence-electron chi connectivity index (χ0n) is 8.28. The largest absolute Gasteiger partial charge is 0.456 e. The van der Waals surface area contributed by atoms with Gasteiger partial charge in [0.15, 0.2) is 13.2 Å². The zero-order valence-corrected chi connectivity index (χ0v) is 8.28. The van der Waals surface area contributed by atoms with Gasteiger partial charge < -0.3 is 9.47 Å². The first kappa shape index (κ1) is 15.0. The second-order valence-corrected chi connectivity index (χ2v) is 2.74. The fourth-order valence-electron chi connectivity index (χ4n) is 0.632. The van der Waals surface area contributed by atoms with Gasteiger partial charge in [-0.25, -0.2) is 0 Å². The van der Waals surface area contributed by atoms with Crippen molar-refractivity contribution in [2.75, 3.05) is 13.2 Å². The third kappa shape index (κ3) is 9.54. The van der Waals surface area contributed by atoms with Crippen molar-refractivity contribution < 1.29 is 35.8 Å². The van der Waals surface area contributed by atoms with Gasteiger partial charge in [0.2, 0.25) is 0 Å². The van der Waals surface area contributed by atoms with E-state index in [1.165, 1.54) is 7.85 Å². The van der Waals surface area contributed by atoms with Gasteiger partial charge >= 0.3 is 12.4 Å². The molecule has 9 heteroatoms. The molecule has 0 aromatic heterocycles. The Morgan fingerprint density at radius 3 is 1.56 bits per heavy atom. The molecular weight excluding hydrogens is 241 g/mol. The Kier molecular flexibility index (Phi) is 5.53. The average Bonchev–Trinajstić information content (AvgIpc) is 2.07. The molecule has 0 rings (SSSR count). The fraction of sp³-hybridized carbons (Fsp3) is 0.714. The van der Waals surface area contributed by atoms with Gasteiger partial charge in [0, 0.05) is 0 Å². The first-order valence-corrected chi connectivity index (χ1v) is 4.23. The number of hydrogen-bond donors (Lipinski definition) is 0. The van der Waals surface area contributed by atoms with E-state index in [0.29, 0.717) is 0 Å². The van der Waals surface area contributed by atoms with Crippen molar-refractivity contribution >= 4 is 7.85 Å². The lowest BCUT2D eigenvalue weighted by atomic mass is 10.1. The first-order chi connectivity index (χ1) is 7.14. The summed E-state index contributed by atoms with van der Waals surface area (Å²) in [6, 6.07) is 0. The van der Waals surface area contributed by atoms with Gasteiger partial charge in [-0.05, 0) is 6.08 Å². The molecule has 0 saturated carbocycles. The molecule has 0 amide bonds. The highest BCUT2D eigenvalue weighted by atomic mass is 19.4. The maximum atomic E-state index is 11.7. The molecular formula is C7H9BF6O2. The van der Waals surface area contributed by atoms with Crippen LogP contribution in [-0.4, -0.2) is 33.4 Å². The minimum absolute atomic E-state index is 0.199. The van der Waals surface area contributed by atoms with Gasteiger partial charge in [-0.15, -0.1) is 0 Å². The summed E-state index contributed by atoms with van der Waals surface area (Å²) in [7, 11) is 1.52. The summed E-state index contributed by atoms with van der Waals surface area (Å²) in [6.07, 6.45) is -8.04. The van der Waals surface area contributed by atoms with Crippen LogP contribution in [0.5, 0.6) is 0 Å². The minimum atomic E-state index is -4.62. The quantitative estimate of drug-likeness (QED) is 0.422. The van der Waals surface area contributed by atoms with Crippen LogP contribution in [0.25, 0.3) is 0 Å². The molecule has 0 spiro atoms. The molecule has 0 radical (unpaired) electrons. The van der Waals surface area contributed by atoms with Crippen LogP contribution in [0.1, 0.15) is 0 Å². The molecule has 0 fully saturated rings. The molecule has 0 atom stereocenters. The standard InChI is InChI=1S/C7H9BF6O2/c8-2-1-5(15-3-6(9,10)11)16-4-7(12,13)14/h1H,2-4,8H2. The SMILES string of the molecule is BCC=C(OCC(F)(F)F)OCC(F)(F)F. The lowest BCUT2D eigenvalue weighted by Crippen LogP contribution is -2.21. The monoisotopic (exact) mass is 250 g/mol. The maximum Gasteiger partial charge on any atom is 0.422 e. The smallest absolute Gasteiger partial charge is 0.422 e. The summed E-state index contributed by atoms with van der Waals surface area (Å²) in [4.78, 5) is 0. The molecule has 0 aliphatic rings. The van der Waals surface area contributed by atoms with Gasteiger partial charge in [0.05, 0.1) is 0 Å². The van der Waals surface area contributed by atoms with E-state index in [2.05, 4.69) is 9.47 Å². The van der Waals surface area contributed by atoms with Crippen LogP contribution >= 0.6 is 0 Å². The number of alkyl halides is 6. The second-order valence-electron chi connectivity index (χ2n) is 2.74. The Bertz CT molecular complexity index is 214. The summed E-state index contributed by atoms with van der Waals surface area (Å²) >= 11 is 0. The van der Waals surface area contributed by atoms with Crippen LogP contribution in [0.15, 0.2) is 12.0 Å². The van der Waals surface area contributed by atoms with Crippen molar-refractivity contribution in [1.82, 2.24) is 0 Å². The number of hydrogen-bond acceptors (Lipinski definition) is 2. The van der Waals surface area contributed by atoms with E-state index in [0.717, 1.165) is 6.08 Å². The molecule has 0 heterocycles. The Morgan fingerprint density at radius 1 is 0.938 bits per heavy atom. The molecule has 0 aliphatic carbocycles. The van der Waals surface area contributed by atoms with Crippen LogP contribution < -0.4 is 0 Å². The normalized spacial score (nSPS) is 12.1. The predicted octanol–water partition coefficient (Wildman–Crippen LogP) is 2.04. The molecule has 0 aromatic carbocycles. The van der Waals surface area contributed by atoms with E-state index in [9.17, 15) is 26.3 Å². The van der Waals surface area contributed by atoms with E-state index < -0.39 is 31.5 Å². The summed E-state index contributed by atoms with van der Waals surface area (Å²) in [5.74, 6) is -0.767. The average molecular weight is 250 g/mol. The van der Waals surface area contributed by atoms with Crippen molar-refractivity contribution in [3.8, 4) is 0 Å². The van der Waals surface area contributed by atoms with Crippen LogP contribution in [-0.2, 0) is 9.47 Å². The van der Waals surface area contributed by atoms with Crippen molar-refractivity contribution in [2.24, 2.45) is 0 Å². The Labute approximate surface area is 88.6 Å². The van der Waals surface area contributed by atoms with Gasteiger partial charge in [-0.3, -0.25) is 0 Å². The number of halogens is 6. The molecule has 0 saturated heterocycles. The Balaban J connectivity index is 4.15. The molecule has 94 valence electrons. The van der Waals surface area contributed by atoms with E-state index in [1.54, 1.807) is 0 Å². The van der Waals surface area contributed by atoms with E-state index in [1.807, 2.05) is 0 Å². The lowest BCUT2D eigenvalue weighted by Gasteiger charge is -2.14. The summed E-state index contributed by atoms with van der Waals surface area (Å²) in [5.41, 5.74) is 0. The van der Waals surface area contributed by atoms with Gasteiger partial charge in [0.25, 0.3) is 5.95 Å². The second kappa shape index (κ2) is 5.90. The highest BCUT2D eigenvalue weighted by Gasteiger charge is 2.31. The number of ether oxygens (including phenoxy) is 2. The van der Waals surface area contributed by atoms with Crippen molar-refractivity contribution in [3.63, 3.8) is 0 Å². The van der Waals surface area contributed by atoms with Gasteiger partial charge in [-0.2, -0.15) is 26.3 Å².